The number of aryl methyl sites for hydroxylation is 2. The summed E-state index contributed by atoms with van der Waals surface area (Å²) in [5.41, 5.74) is 0.931. The maximum atomic E-state index is 12.3. The molecular weight excluding hydrogens is 286 g/mol. The molecule has 1 aromatic heterocycles. The summed E-state index contributed by atoms with van der Waals surface area (Å²) < 4.78 is 1.56. The van der Waals surface area contributed by atoms with Gasteiger partial charge in [0.25, 0.3) is 0 Å². The summed E-state index contributed by atoms with van der Waals surface area (Å²) in [6.45, 7) is 5.52. The van der Waals surface area contributed by atoms with Gasteiger partial charge in [0.1, 0.15) is 11.4 Å². The number of carbonyl (C=O) groups is 1. The average molecular weight is 309 g/mol. The lowest BCUT2D eigenvalue weighted by molar-refractivity contribution is -0.386. The predicted molar refractivity (Wildman–Crippen MR) is 81.6 cm³/mol. The highest BCUT2D eigenvalue weighted by molar-refractivity contribution is 5.76. The second-order valence-corrected chi connectivity index (χ2v) is 5.74. The van der Waals surface area contributed by atoms with Crippen LogP contribution in [0.1, 0.15) is 30.7 Å². The molecule has 8 heteroatoms. The number of hydrogen-bond donors (Lipinski definition) is 1. The number of nitrogens with zero attached hydrogens (tertiary/aromatic N) is 4. The molecule has 2 heterocycles. The molecule has 0 bridgehead atoms. The Labute approximate surface area is 129 Å². The first kappa shape index (κ1) is 16.4. The summed E-state index contributed by atoms with van der Waals surface area (Å²) in [5.74, 6) is 0.0575. The van der Waals surface area contributed by atoms with E-state index >= 15 is 0 Å². The minimum absolute atomic E-state index is 0.0409. The lowest BCUT2D eigenvalue weighted by Gasteiger charge is -2.31. The zero-order valence-corrected chi connectivity index (χ0v) is 13.3. The Balaban J connectivity index is 1.96. The predicted octanol–water partition coefficient (Wildman–Crippen LogP) is 1.01. The molecule has 1 amide bonds. The number of carbonyl (C=O) groups excluding carboxylic acids is 1. The molecule has 1 aliphatic rings. The fourth-order valence-corrected chi connectivity index (χ4v) is 2.94. The number of nitrogens with one attached hydrogen (secondary N) is 1. The highest BCUT2D eigenvalue weighted by Gasteiger charge is 2.24. The van der Waals surface area contributed by atoms with Crippen molar-refractivity contribution in [1.82, 2.24) is 20.0 Å². The molecule has 22 heavy (non-hydrogen) atoms. The number of amides is 1. The highest BCUT2D eigenvalue weighted by Crippen LogP contribution is 2.22. The molecule has 1 aliphatic heterocycles. The molecule has 0 atom stereocenters. The van der Waals surface area contributed by atoms with Crippen LogP contribution in [0.2, 0.25) is 0 Å². The molecule has 1 fully saturated rings. The van der Waals surface area contributed by atoms with Crippen molar-refractivity contribution in [2.24, 2.45) is 0 Å². The molecule has 0 spiro atoms. The van der Waals surface area contributed by atoms with E-state index < -0.39 is 4.92 Å². The Morgan fingerprint density at radius 2 is 2.09 bits per heavy atom. The third kappa shape index (κ3) is 3.44. The summed E-state index contributed by atoms with van der Waals surface area (Å²) in [5, 5.41) is 18.4. The minimum atomic E-state index is -0.420. The largest absolute Gasteiger partial charge is 0.343 e. The van der Waals surface area contributed by atoms with Gasteiger partial charge in [-0.2, -0.15) is 5.10 Å². The fraction of sp³-hybridized carbons (Fsp3) is 0.714. The fourth-order valence-electron chi connectivity index (χ4n) is 2.94. The number of nitro groups is 1. The van der Waals surface area contributed by atoms with Gasteiger partial charge in [-0.25, -0.2) is 0 Å². The molecule has 0 aromatic carbocycles. The van der Waals surface area contributed by atoms with Crippen molar-refractivity contribution in [2.75, 3.05) is 20.1 Å². The Morgan fingerprint density at radius 3 is 2.64 bits per heavy atom. The van der Waals surface area contributed by atoms with Gasteiger partial charge in [0.05, 0.1) is 11.5 Å². The van der Waals surface area contributed by atoms with E-state index in [2.05, 4.69) is 10.4 Å². The van der Waals surface area contributed by atoms with E-state index in [9.17, 15) is 14.9 Å². The van der Waals surface area contributed by atoms with Crippen LogP contribution in [-0.2, 0) is 11.3 Å². The van der Waals surface area contributed by atoms with Crippen molar-refractivity contribution in [3.05, 3.63) is 21.5 Å². The molecule has 0 aliphatic carbocycles. The molecule has 1 N–H and O–H groups in total. The Morgan fingerprint density at radius 1 is 1.45 bits per heavy atom. The first-order valence-corrected chi connectivity index (χ1v) is 7.56. The van der Waals surface area contributed by atoms with Gasteiger partial charge >= 0.3 is 5.69 Å². The maximum absolute atomic E-state index is 12.3. The topological polar surface area (TPSA) is 93.3 Å². The Kier molecular flexibility index (Phi) is 5.12. The van der Waals surface area contributed by atoms with Crippen LogP contribution >= 0.6 is 0 Å². The number of rotatable bonds is 5. The molecule has 0 radical (unpaired) electrons. The minimum Gasteiger partial charge on any atom is -0.343 e. The first-order valence-electron chi connectivity index (χ1n) is 7.56. The van der Waals surface area contributed by atoms with Crippen molar-refractivity contribution >= 4 is 11.6 Å². The summed E-state index contributed by atoms with van der Waals surface area (Å²) in [7, 11) is 1.84. The molecule has 8 nitrogen and oxygen atoms in total. The maximum Gasteiger partial charge on any atom is 0.312 e. The van der Waals surface area contributed by atoms with Crippen LogP contribution in [0.15, 0.2) is 0 Å². The van der Waals surface area contributed by atoms with Crippen molar-refractivity contribution < 1.29 is 9.72 Å². The lowest BCUT2D eigenvalue weighted by atomic mass is 10.1. The number of piperidine rings is 1. The summed E-state index contributed by atoms with van der Waals surface area (Å²) in [6, 6.07) is 0.281. The number of hydrogen-bond acceptors (Lipinski definition) is 5. The van der Waals surface area contributed by atoms with Crippen LogP contribution in [0, 0.1) is 24.0 Å². The van der Waals surface area contributed by atoms with Gasteiger partial charge in [-0.1, -0.05) is 0 Å². The van der Waals surface area contributed by atoms with E-state index in [1.165, 1.54) is 0 Å². The van der Waals surface area contributed by atoms with E-state index in [1.54, 1.807) is 23.4 Å². The standard InChI is InChI=1S/C14H23N5O3/c1-10-14(19(21)22)11(2)18(16-10)9-6-13(20)17(3)12-4-7-15-8-5-12/h12,15H,4-9H2,1-3H3. The van der Waals surface area contributed by atoms with Crippen molar-refractivity contribution in [2.45, 2.75) is 45.7 Å². The van der Waals surface area contributed by atoms with E-state index in [0.29, 0.717) is 24.4 Å². The van der Waals surface area contributed by atoms with Crippen molar-refractivity contribution in [1.29, 1.82) is 0 Å². The first-order chi connectivity index (χ1) is 10.4. The molecule has 0 saturated carbocycles. The summed E-state index contributed by atoms with van der Waals surface area (Å²) in [6.07, 6.45) is 2.24. The molecule has 122 valence electrons. The molecular formula is C14H23N5O3. The molecule has 1 aromatic rings. The Bertz CT molecular complexity index is 563. The van der Waals surface area contributed by atoms with Crippen LogP contribution < -0.4 is 5.32 Å². The van der Waals surface area contributed by atoms with Gasteiger partial charge in [0.2, 0.25) is 5.91 Å². The SMILES string of the molecule is Cc1nn(CCC(=O)N(C)C2CCNCC2)c(C)c1[N+](=O)[O-]. The quantitative estimate of drug-likeness (QED) is 0.647. The summed E-state index contributed by atoms with van der Waals surface area (Å²) in [4.78, 5) is 24.6. The normalized spacial score (nSPS) is 15.8. The van der Waals surface area contributed by atoms with E-state index in [1.807, 2.05) is 7.05 Å². The van der Waals surface area contributed by atoms with E-state index in [0.717, 1.165) is 25.9 Å². The molecule has 2 rings (SSSR count). The smallest absolute Gasteiger partial charge is 0.312 e. The lowest BCUT2D eigenvalue weighted by Crippen LogP contribution is -2.44. The van der Waals surface area contributed by atoms with E-state index in [4.69, 9.17) is 0 Å². The van der Waals surface area contributed by atoms with Crippen LogP contribution in [0.4, 0.5) is 5.69 Å². The van der Waals surface area contributed by atoms with Crippen LogP contribution in [0.3, 0.4) is 0 Å². The van der Waals surface area contributed by atoms with E-state index in [-0.39, 0.29) is 17.6 Å². The highest BCUT2D eigenvalue weighted by atomic mass is 16.6. The van der Waals surface area contributed by atoms with Crippen LogP contribution in [0.5, 0.6) is 0 Å². The Hall–Kier alpha value is -1.96. The second-order valence-electron chi connectivity index (χ2n) is 5.74. The average Bonchev–Trinajstić information content (AvgIpc) is 2.79. The van der Waals surface area contributed by atoms with Gasteiger partial charge < -0.3 is 10.2 Å². The zero-order chi connectivity index (χ0) is 16.3. The second kappa shape index (κ2) is 6.87. The molecule has 0 unspecified atom stereocenters. The molecule has 1 saturated heterocycles. The van der Waals surface area contributed by atoms with Crippen LogP contribution in [-0.4, -0.2) is 51.7 Å². The van der Waals surface area contributed by atoms with Gasteiger partial charge in [0.15, 0.2) is 0 Å². The van der Waals surface area contributed by atoms with Crippen molar-refractivity contribution in [3.63, 3.8) is 0 Å². The third-order valence-corrected chi connectivity index (χ3v) is 4.31. The van der Waals surface area contributed by atoms with Gasteiger partial charge in [0, 0.05) is 19.5 Å². The number of aromatic nitrogens is 2. The van der Waals surface area contributed by atoms with Gasteiger partial charge in [-0.15, -0.1) is 0 Å². The summed E-state index contributed by atoms with van der Waals surface area (Å²) >= 11 is 0. The van der Waals surface area contributed by atoms with Crippen molar-refractivity contribution in [3.8, 4) is 0 Å². The zero-order valence-electron chi connectivity index (χ0n) is 13.3. The third-order valence-electron chi connectivity index (χ3n) is 4.31. The van der Waals surface area contributed by atoms with Gasteiger partial charge in [-0.05, 0) is 39.8 Å². The monoisotopic (exact) mass is 309 g/mol. The van der Waals surface area contributed by atoms with Gasteiger partial charge in [-0.3, -0.25) is 19.6 Å². The van der Waals surface area contributed by atoms with Crippen LogP contribution in [0.25, 0.3) is 0 Å².